The van der Waals surface area contributed by atoms with Crippen molar-refractivity contribution in [3.05, 3.63) is 58.9 Å². The minimum Gasteiger partial charge on any atom is -0.304 e. The molecule has 5 rings (SSSR count). The summed E-state index contributed by atoms with van der Waals surface area (Å²) in [6, 6.07) is 2.92. The van der Waals surface area contributed by atoms with Gasteiger partial charge in [0.05, 0.1) is 17.1 Å². The van der Waals surface area contributed by atoms with Gasteiger partial charge < -0.3 is 4.40 Å². The second-order valence-electron chi connectivity index (χ2n) is 6.79. The van der Waals surface area contributed by atoms with E-state index in [0.717, 1.165) is 40.7 Å². The van der Waals surface area contributed by atoms with Crippen LogP contribution < -0.4 is 0 Å². The van der Waals surface area contributed by atoms with Crippen LogP contribution in [0.3, 0.4) is 0 Å². The normalized spacial score (nSPS) is 18.6. The van der Waals surface area contributed by atoms with Gasteiger partial charge in [-0.25, -0.2) is 18.9 Å². The lowest BCUT2D eigenvalue weighted by molar-refractivity contribution is 0.626. The van der Waals surface area contributed by atoms with E-state index in [1.807, 2.05) is 49.7 Å². The Morgan fingerprint density at radius 3 is 2.63 bits per heavy atom. The van der Waals surface area contributed by atoms with Crippen LogP contribution in [-0.4, -0.2) is 29.0 Å². The zero-order valence-corrected chi connectivity index (χ0v) is 16.2. The smallest absolute Gasteiger partial charge is 0.177 e. The Labute approximate surface area is 157 Å². The lowest BCUT2D eigenvalue weighted by Crippen LogP contribution is -1.97. The molecule has 0 radical (unpaired) electrons. The number of pyridine rings is 1. The van der Waals surface area contributed by atoms with Crippen molar-refractivity contribution in [2.75, 3.05) is 0 Å². The standard InChI is InChI=1S/C18H17FN6.C2H6/c1-9-8-20-10(2)18-22-17(23-25(9)18)14-7-13(14)16-11(3)24-5-4-12(19)6-15(24)21-16;1-2/h4-6,8,13-14H,7H2,1-3H3;1-2H3. The summed E-state index contributed by atoms with van der Waals surface area (Å²) in [6.45, 7) is 9.94. The van der Waals surface area contributed by atoms with E-state index >= 15 is 0 Å². The predicted octanol–water partition coefficient (Wildman–Crippen LogP) is 4.13. The van der Waals surface area contributed by atoms with E-state index in [0.29, 0.717) is 5.65 Å². The van der Waals surface area contributed by atoms with Crippen molar-refractivity contribution in [1.82, 2.24) is 29.0 Å². The van der Waals surface area contributed by atoms with Crippen molar-refractivity contribution < 1.29 is 4.39 Å². The number of rotatable bonds is 2. The first-order chi connectivity index (χ1) is 13.0. The summed E-state index contributed by atoms with van der Waals surface area (Å²) in [5.41, 5.74) is 5.38. The molecule has 1 aliphatic rings. The second-order valence-corrected chi connectivity index (χ2v) is 6.79. The number of aryl methyl sites for hydroxylation is 3. The van der Waals surface area contributed by atoms with E-state index in [1.54, 1.807) is 6.20 Å². The van der Waals surface area contributed by atoms with Crippen LogP contribution in [0.2, 0.25) is 0 Å². The third-order valence-electron chi connectivity index (χ3n) is 5.06. The fourth-order valence-electron chi connectivity index (χ4n) is 3.56. The maximum absolute atomic E-state index is 13.4. The Hall–Kier alpha value is -2.83. The molecule has 6 nitrogen and oxygen atoms in total. The highest BCUT2D eigenvalue weighted by molar-refractivity contribution is 5.48. The molecule has 0 bridgehead atoms. The molecular formula is C20H23FN6. The third-order valence-corrected chi connectivity index (χ3v) is 5.06. The monoisotopic (exact) mass is 366 g/mol. The summed E-state index contributed by atoms with van der Waals surface area (Å²) < 4.78 is 17.2. The average molecular weight is 366 g/mol. The van der Waals surface area contributed by atoms with Crippen LogP contribution in [0, 0.1) is 26.6 Å². The predicted molar refractivity (Wildman–Crippen MR) is 102 cm³/mol. The average Bonchev–Trinajstić information content (AvgIpc) is 3.20. The molecule has 4 heterocycles. The van der Waals surface area contributed by atoms with Crippen LogP contribution in [0.4, 0.5) is 4.39 Å². The van der Waals surface area contributed by atoms with E-state index < -0.39 is 0 Å². The van der Waals surface area contributed by atoms with Gasteiger partial charge in [-0.1, -0.05) is 13.8 Å². The Kier molecular flexibility index (Phi) is 4.17. The van der Waals surface area contributed by atoms with Crippen molar-refractivity contribution >= 4 is 11.3 Å². The lowest BCUT2D eigenvalue weighted by atomic mass is 10.2. The zero-order valence-electron chi connectivity index (χ0n) is 16.2. The fourth-order valence-corrected chi connectivity index (χ4v) is 3.56. The van der Waals surface area contributed by atoms with Crippen molar-refractivity contribution in [2.45, 2.75) is 52.9 Å². The van der Waals surface area contributed by atoms with E-state index in [9.17, 15) is 4.39 Å². The van der Waals surface area contributed by atoms with E-state index in [2.05, 4.69) is 15.1 Å². The van der Waals surface area contributed by atoms with Gasteiger partial charge in [0, 0.05) is 36.0 Å². The molecule has 2 atom stereocenters. The van der Waals surface area contributed by atoms with Gasteiger partial charge in [0.2, 0.25) is 0 Å². The summed E-state index contributed by atoms with van der Waals surface area (Å²) in [7, 11) is 0. The van der Waals surface area contributed by atoms with Crippen LogP contribution in [-0.2, 0) is 0 Å². The second kappa shape index (κ2) is 6.40. The Bertz CT molecular complexity index is 1100. The van der Waals surface area contributed by atoms with Gasteiger partial charge in [0.1, 0.15) is 11.5 Å². The van der Waals surface area contributed by atoms with Crippen LogP contribution in [0.25, 0.3) is 11.3 Å². The zero-order chi connectivity index (χ0) is 19.3. The molecule has 27 heavy (non-hydrogen) atoms. The van der Waals surface area contributed by atoms with Gasteiger partial charge >= 0.3 is 0 Å². The number of imidazole rings is 1. The molecule has 4 aromatic rings. The number of halogens is 1. The van der Waals surface area contributed by atoms with Crippen molar-refractivity contribution in [3.63, 3.8) is 0 Å². The topological polar surface area (TPSA) is 60.4 Å². The molecule has 1 aliphatic carbocycles. The first kappa shape index (κ1) is 17.6. The molecule has 4 aromatic heterocycles. The fraction of sp³-hybridized carbons (Fsp3) is 0.400. The van der Waals surface area contributed by atoms with Crippen molar-refractivity contribution in [2.24, 2.45) is 0 Å². The number of nitrogens with zero attached hydrogens (tertiary/aromatic N) is 6. The van der Waals surface area contributed by atoms with E-state index in [4.69, 9.17) is 4.98 Å². The lowest BCUT2D eigenvalue weighted by Gasteiger charge is -1.98. The minimum absolute atomic E-state index is 0.257. The maximum atomic E-state index is 13.4. The summed E-state index contributed by atoms with van der Waals surface area (Å²) in [5, 5.41) is 4.68. The Balaban J connectivity index is 0.000000872. The number of aromatic nitrogens is 6. The van der Waals surface area contributed by atoms with Crippen LogP contribution in [0.15, 0.2) is 24.5 Å². The van der Waals surface area contributed by atoms with Crippen molar-refractivity contribution in [3.8, 4) is 0 Å². The van der Waals surface area contributed by atoms with Gasteiger partial charge in [0.25, 0.3) is 0 Å². The summed E-state index contributed by atoms with van der Waals surface area (Å²) >= 11 is 0. The van der Waals surface area contributed by atoms with E-state index in [1.165, 1.54) is 12.1 Å². The van der Waals surface area contributed by atoms with Crippen LogP contribution >= 0.6 is 0 Å². The van der Waals surface area contributed by atoms with Crippen molar-refractivity contribution in [1.29, 1.82) is 0 Å². The summed E-state index contributed by atoms with van der Waals surface area (Å²) in [4.78, 5) is 13.7. The molecule has 140 valence electrons. The Morgan fingerprint density at radius 1 is 1.11 bits per heavy atom. The number of hydrogen-bond acceptors (Lipinski definition) is 4. The molecule has 2 unspecified atom stereocenters. The Morgan fingerprint density at radius 2 is 1.89 bits per heavy atom. The minimum atomic E-state index is -0.267. The quantitative estimate of drug-likeness (QED) is 0.535. The first-order valence-corrected chi connectivity index (χ1v) is 9.36. The van der Waals surface area contributed by atoms with Gasteiger partial charge in [-0.3, -0.25) is 4.98 Å². The van der Waals surface area contributed by atoms with Crippen LogP contribution in [0.1, 0.15) is 60.7 Å². The number of hydrogen-bond donors (Lipinski definition) is 0. The highest BCUT2D eigenvalue weighted by Gasteiger charge is 2.45. The molecule has 0 aliphatic heterocycles. The largest absolute Gasteiger partial charge is 0.304 e. The van der Waals surface area contributed by atoms with Crippen LogP contribution in [0.5, 0.6) is 0 Å². The van der Waals surface area contributed by atoms with Gasteiger partial charge in [-0.15, -0.1) is 0 Å². The molecule has 0 aromatic carbocycles. The SMILES string of the molecule is CC.Cc1ncc(C)n2nc(C3CC3c3nc4cc(F)ccn4c3C)nc12. The molecule has 0 saturated heterocycles. The summed E-state index contributed by atoms with van der Waals surface area (Å²) in [5.74, 6) is 1.12. The molecule has 1 fully saturated rings. The molecule has 7 heteroatoms. The van der Waals surface area contributed by atoms with Gasteiger partial charge in [-0.05, 0) is 33.3 Å². The third kappa shape index (κ3) is 2.78. The molecular weight excluding hydrogens is 343 g/mol. The number of fused-ring (bicyclic) bond motifs is 2. The van der Waals surface area contributed by atoms with Gasteiger partial charge in [-0.2, -0.15) is 5.10 Å². The van der Waals surface area contributed by atoms with Gasteiger partial charge in [0.15, 0.2) is 11.5 Å². The highest BCUT2D eigenvalue weighted by Crippen LogP contribution is 2.54. The first-order valence-electron chi connectivity index (χ1n) is 9.36. The maximum Gasteiger partial charge on any atom is 0.177 e. The molecule has 0 amide bonds. The summed E-state index contributed by atoms with van der Waals surface area (Å²) in [6.07, 6.45) is 4.51. The highest BCUT2D eigenvalue weighted by atomic mass is 19.1. The molecule has 1 saturated carbocycles. The van der Waals surface area contributed by atoms with E-state index in [-0.39, 0.29) is 17.7 Å². The molecule has 0 spiro atoms. The molecule has 0 N–H and O–H groups in total.